The lowest BCUT2D eigenvalue weighted by Crippen LogP contribution is -2.27. The van der Waals surface area contributed by atoms with Crippen molar-refractivity contribution in [2.45, 2.75) is 6.42 Å². The third-order valence-corrected chi connectivity index (χ3v) is 5.58. The van der Waals surface area contributed by atoms with Crippen molar-refractivity contribution in [1.29, 1.82) is 0 Å². The second kappa shape index (κ2) is 8.28. The maximum atomic E-state index is 12.6. The van der Waals surface area contributed by atoms with Gasteiger partial charge in [0, 0.05) is 11.8 Å². The Balaban J connectivity index is 1.58. The van der Waals surface area contributed by atoms with E-state index >= 15 is 0 Å². The van der Waals surface area contributed by atoms with Gasteiger partial charge in [-0.25, -0.2) is 0 Å². The molecular weight excluding hydrogens is 422 g/mol. The fourth-order valence-corrected chi connectivity index (χ4v) is 4.05. The molecule has 0 atom stereocenters. The molecular formula is C25H19N3O3S. The number of hydrogen-bond donors (Lipinski definition) is 2. The first-order valence-electron chi connectivity index (χ1n) is 10.2. The van der Waals surface area contributed by atoms with Gasteiger partial charge >= 0.3 is 0 Å². The number of ether oxygens (including phenoxy) is 1. The summed E-state index contributed by atoms with van der Waals surface area (Å²) >= 11 is 5.33. The van der Waals surface area contributed by atoms with Crippen LogP contribution in [0.15, 0.2) is 82.6 Å². The van der Waals surface area contributed by atoms with E-state index in [0.29, 0.717) is 11.4 Å². The van der Waals surface area contributed by atoms with Gasteiger partial charge in [-0.2, -0.15) is 0 Å². The van der Waals surface area contributed by atoms with Crippen LogP contribution in [0.2, 0.25) is 0 Å². The van der Waals surface area contributed by atoms with Gasteiger partial charge in [0.05, 0.1) is 11.0 Å². The molecule has 0 saturated carbocycles. The number of nitrogens with one attached hydrogen (secondary N) is 1. The zero-order valence-corrected chi connectivity index (χ0v) is 17.8. The predicted octanol–water partition coefficient (Wildman–Crippen LogP) is 3.40. The number of hydrogen-bond acceptors (Lipinski definition) is 5. The minimum absolute atomic E-state index is 0.101. The molecule has 7 heteroatoms. The molecule has 0 spiro atoms. The summed E-state index contributed by atoms with van der Waals surface area (Å²) in [7, 11) is 0. The monoisotopic (exact) mass is 441 g/mol. The normalized spacial score (nSPS) is 12.9. The Labute approximate surface area is 188 Å². The summed E-state index contributed by atoms with van der Waals surface area (Å²) in [4.78, 5) is 19.8. The molecule has 5 rings (SSSR count). The van der Waals surface area contributed by atoms with Crippen LogP contribution in [0.1, 0.15) is 11.1 Å². The third kappa shape index (κ3) is 3.74. The number of fused-ring (bicyclic) bond motifs is 1. The number of H-pyrrole nitrogens is 1. The van der Waals surface area contributed by atoms with Crippen LogP contribution in [0.25, 0.3) is 11.8 Å². The van der Waals surface area contributed by atoms with E-state index in [1.165, 1.54) is 4.57 Å². The lowest BCUT2D eigenvalue weighted by atomic mass is 10.1. The quantitative estimate of drug-likeness (QED) is 0.476. The number of rotatable bonds is 4. The Morgan fingerprint density at radius 1 is 1.00 bits per heavy atom. The number of aromatic amines is 1. The van der Waals surface area contributed by atoms with Crippen molar-refractivity contribution >= 4 is 18.3 Å². The minimum atomic E-state index is -0.455. The molecule has 3 aromatic carbocycles. The van der Waals surface area contributed by atoms with E-state index in [1.54, 1.807) is 30.3 Å². The summed E-state index contributed by atoms with van der Waals surface area (Å²) in [6.45, 7) is 0.727. The maximum absolute atomic E-state index is 12.6. The first kappa shape index (κ1) is 20.0. The van der Waals surface area contributed by atoms with Gasteiger partial charge < -0.3 is 9.84 Å². The summed E-state index contributed by atoms with van der Waals surface area (Å²) in [5, 5.41) is 12.7. The summed E-state index contributed by atoms with van der Waals surface area (Å²) in [6, 6.07) is 22.4. The molecule has 0 fully saturated rings. The summed E-state index contributed by atoms with van der Waals surface area (Å²) in [5.74, 6) is 1.14. The summed E-state index contributed by atoms with van der Waals surface area (Å²) < 4.78 is 7.35. The van der Waals surface area contributed by atoms with Crippen molar-refractivity contribution in [3.05, 3.63) is 110 Å². The molecule has 4 aromatic rings. The van der Waals surface area contributed by atoms with Gasteiger partial charge in [-0.05, 0) is 66.7 Å². The van der Waals surface area contributed by atoms with Crippen molar-refractivity contribution in [1.82, 2.24) is 9.55 Å². The second-order valence-electron chi connectivity index (χ2n) is 7.37. The molecule has 2 N–H and O–H groups in total. The number of benzene rings is 3. The van der Waals surface area contributed by atoms with Gasteiger partial charge in [0.15, 0.2) is 4.77 Å². The topological polar surface area (TPSA) is 79.6 Å². The van der Waals surface area contributed by atoms with E-state index in [-0.39, 0.29) is 16.2 Å². The van der Waals surface area contributed by atoms with E-state index in [0.717, 1.165) is 34.9 Å². The zero-order valence-electron chi connectivity index (χ0n) is 17.0. The Hall–Kier alpha value is -3.97. The molecule has 6 nitrogen and oxygen atoms in total. The van der Waals surface area contributed by atoms with Gasteiger partial charge in [0.2, 0.25) is 5.88 Å². The molecule has 2 heterocycles. The van der Waals surface area contributed by atoms with Crippen molar-refractivity contribution in [2.75, 3.05) is 6.54 Å². The Kier molecular flexibility index (Phi) is 5.17. The van der Waals surface area contributed by atoms with E-state index in [4.69, 9.17) is 17.0 Å². The van der Waals surface area contributed by atoms with Crippen LogP contribution in [0.3, 0.4) is 0 Å². The molecule has 0 unspecified atom stereocenters. The van der Waals surface area contributed by atoms with Gasteiger partial charge in [-0.1, -0.05) is 36.4 Å². The maximum Gasteiger partial charge on any atom is 0.262 e. The predicted molar refractivity (Wildman–Crippen MR) is 125 cm³/mol. The van der Waals surface area contributed by atoms with Gasteiger partial charge in [0.25, 0.3) is 5.56 Å². The highest BCUT2D eigenvalue weighted by molar-refractivity contribution is 7.71. The third-order valence-electron chi connectivity index (χ3n) is 5.30. The minimum Gasteiger partial charge on any atom is -0.494 e. The van der Waals surface area contributed by atoms with Gasteiger partial charge in [-0.15, -0.1) is 0 Å². The largest absolute Gasteiger partial charge is 0.494 e. The van der Waals surface area contributed by atoms with Crippen LogP contribution in [0.5, 0.6) is 17.4 Å². The number of aromatic nitrogens is 2. The molecule has 1 aromatic heterocycles. The first-order chi connectivity index (χ1) is 15.6. The fourth-order valence-electron chi connectivity index (χ4n) is 3.76. The van der Waals surface area contributed by atoms with Crippen LogP contribution in [0.4, 0.5) is 0 Å². The summed E-state index contributed by atoms with van der Waals surface area (Å²) in [6.07, 6.45) is 2.53. The molecule has 1 aliphatic heterocycles. The van der Waals surface area contributed by atoms with E-state index in [9.17, 15) is 9.90 Å². The van der Waals surface area contributed by atoms with Crippen LogP contribution in [-0.4, -0.2) is 21.2 Å². The van der Waals surface area contributed by atoms with Crippen molar-refractivity contribution in [3.63, 3.8) is 0 Å². The van der Waals surface area contributed by atoms with E-state index in [1.807, 2.05) is 48.5 Å². The fraction of sp³-hybridized carbons (Fsp3) is 0.0800. The van der Waals surface area contributed by atoms with Gasteiger partial charge in [-0.3, -0.25) is 19.3 Å². The molecule has 0 radical (unpaired) electrons. The molecule has 0 aliphatic carbocycles. The van der Waals surface area contributed by atoms with Crippen LogP contribution in [0, 0.1) is 4.77 Å². The number of nitrogens with zero attached hydrogens (tertiary/aromatic N) is 2. The van der Waals surface area contributed by atoms with E-state index < -0.39 is 5.56 Å². The molecule has 158 valence electrons. The Morgan fingerprint density at radius 3 is 2.53 bits per heavy atom. The highest BCUT2D eigenvalue weighted by atomic mass is 32.1. The highest BCUT2D eigenvalue weighted by Gasteiger charge is 2.13. The second-order valence-corrected chi connectivity index (χ2v) is 7.76. The Bertz CT molecular complexity index is 1540. The van der Waals surface area contributed by atoms with Gasteiger partial charge in [0.1, 0.15) is 17.1 Å². The number of para-hydroxylation sites is 2. The van der Waals surface area contributed by atoms with Crippen LogP contribution >= 0.6 is 12.2 Å². The molecule has 0 saturated heterocycles. The number of aromatic hydroxyl groups is 1. The van der Waals surface area contributed by atoms with Crippen molar-refractivity contribution in [3.8, 4) is 23.1 Å². The first-order valence-corrected chi connectivity index (χ1v) is 10.6. The zero-order chi connectivity index (χ0) is 22.1. The van der Waals surface area contributed by atoms with Crippen LogP contribution in [-0.2, 0) is 6.42 Å². The van der Waals surface area contributed by atoms with Crippen molar-refractivity contribution < 1.29 is 9.84 Å². The Morgan fingerprint density at radius 2 is 1.75 bits per heavy atom. The molecule has 0 bridgehead atoms. The summed E-state index contributed by atoms with van der Waals surface area (Å²) in [5.41, 5.74) is 1.40. The smallest absolute Gasteiger partial charge is 0.262 e. The van der Waals surface area contributed by atoms with E-state index in [2.05, 4.69) is 9.98 Å². The lowest BCUT2D eigenvalue weighted by Gasteiger charge is -2.12. The van der Waals surface area contributed by atoms with Crippen LogP contribution < -0.4 is 20.9 Å². The SMILES string of the molecule is O=c1[nH]c(=S)n(-c2ccc(Oc3ccccc3)cc2)c(O)c1C=c1cccc2c1=NCC2. The highest BCUT2D eigenvalue weighted by Crippen LogP contribution is 2.25. The molecule has 1 aliphatic rings. The molecule has 0 amide bonds. The standard InChI is InChI=1S/C25H19N3O3S/c29-23-21(15-17-6-4-5-16-13-14-26-22(16)17)24(30)28(25(32)27-23)18-9-11-20(12-10-18)31-19-7-2-1-3-8-19/h1-12,15,30H,13-14H2,(H,27,29,32). The molecule has 32 heavy (non-hydrogen) atoms. The van der Waals surface area contributed by atoms with Crippen molar-refractivity contribution in [2.24, 2.45) is 4.99 Å². The lowest BCUT2D eigenvalue weighted by molar-refractivity contribution is 0.431. The average molecular weight is 442 g/mol. The average Bonchev–Trinajstić information content (AvgIpc) is 3.28.